The molecule has 0 radical (unpaired) electrons. The summed E-state index contributed by atoms with van der Waals surface area (Å²) in [6.07, 6.45) is -2.02. The van der Waals surface area contributed by atoms with Gasteiger partial charge in [0.15, 0.2) is 6.04 Å². The first-order valence-electron chi connectivity index (χ1n) is 6.84. The third-order valence-corrected chi connectivity index (χ3v) is 2.73. The van der Waals surface area contributed by atoms with Crippen LogP contribution in [0, 0.1) is 0 Å². The lowest BCUT2D eigenvalue weighted by Crippen LogP contribution is -2.56. The number of amides is 4. The molecule has 0 aromatic heterocycles. The fourth-order valence-electron chi connectivity index (χ4n) is 1.55. The number of nitrogens with one attached hydrogen (secondary N) is 3. The Labute approximate surface area is 136 Å². The highest BCUT2D eigenvalue weighted by Gasteiger charge is 2.30. The summed E-state index contributed by atoms with van der Waals surface area (Å²) >= 11 is 0. The molecule has 3 atom stereocenters. The van der Waals surface area contributed by atoms with Gasteiger partial charge in [-0.2, -0.15) is 0 Å². The summed E-state index contributed by atoms with van der Waals surface area (Å²) in [4.78, 5) is 56.5. The van der Waals surface area contributed by atoms with E-state index in [1.165, 1.54) is 0 Å². The van der Waals surface area contributed by atoms with Gasteiger partial charge < -0.3 is 37.6 Å². The summed E-state index contributed by atoms with van der Waals surface area (Å²) in [5, 5.41) is 24.5. The highest BCUT2D eigenvalue weighted by atomic mass is 16.4. The average molecular weight is 347 g/mol. The van der Waals surface area contributed by atoms with Gasteiger partial charge in [-0.15, -0.1) is 0 Å². The molecule has 0 aliphatic heterocycles. The largest absolute Gasteiger partial charge is 0.480 e. The number of hydrogen-bond acceptors (Lipinski definition) is 7. The Bertz CT molecular complexity index is 508. The topological polar surface area (TPSA) is 214 Å². The summed E-state index contributed by atoms with van der Waals surface area (Å²) in [7, 11) is 0. The lowest BCUT2D eigenvalue weighted by atomic mass is 10.1. The number of aliphatic hydroxyl groups excluding tert-OH is 1. The van der Waals surface area contributed by atoms with Gasteiger partial charge in [-0.1, -0.05) is 0 Å². The van der Waals surface area contributed by atoms with Crippen LogP contribution in [0.15, 0.2) is 0 Å². The number of carboxylic acid groups (broad SMARTS) is 1. The normalized spacial score (nSPS) is 14.0. The first-order valence-corrected chi connectivity index (χ1v) is 6.84. The summed E-state index contributed by atoms with van der Waals surface area (Å²) in [5.41, 5.74) is 10.0. The maximum absolute atomic E-state index is 12.0. The number of aliphatic hydroxyl groups is 1. The van der Waals surface area contributed by atoms with E-state index in [4.69, 9.17) is 16.6 Å². The quantitative estimate of drug-likeness (QED) is 0.203. The van der Waals surface area contributed by atoms with Gasteiger partial charge >= 0.3 is 5.97 Å². The molecule has 0 spiro atoms. The van der Waals surface area contributed by atoms with E-state index < -0.39 is 60.8 Å². The third kappa shape index (κ3) is 8.05. The minimum Gasteiger partial charge on any atom is -0.480 e. The zero-order valence-electron chi connectivity index (χ0n) is 12.9. The van der Waals surface area contributed by atoms with Crippen molar-refractivity contribution in [2.24, 2.45) is 11.5 Å². The Morgan fingerprint density at radius 2 is 1.67 bits per heavy atom. The van der Waals surface area contributed by atoms with Crippen LogP contribution in [0.1, 0.15) is 13.3 Å². The summed E-state index contributed by atoms with van der Waals surface area (Å²) in [5.74, 6) is -4.88. The van der Waals surface area contributed by atoms with Crippen LogP contribution in [0.2, 0.25) is 0 Å². The van der Waals surface area contributed by atoms with Crippen molar-refractivity contribution in [3.05, 3.63) is 0 Å². The number of nitrogens with two attached hydrogens (primary N) is 2. The number of aliphatic carboxylic acids is 1. The maximum Gasteiger partial charge on any atom is 0.328 e. The van der Waals surface area contributed by atoms with Crippen molar-refractivity contribution in [2.45, 2.75) is 31.5 Å². The average Bonchev–Trinajstić information content (AvgIpc) is 2.47. The molecule has 24 heavy (non-hydrogen) atoms. The molecule has 4 amide bonds. The molecule has 0 aromatic carbocycles. The number of carbonyl (C=O) groups is 5. The number of carbonyl (C=O) groups excluding carboxylic acids is 4. The van der Waals surface area contributed by atoms with Crippen LogP contribution in [0.5, 0.6) is 0 Å². The predicted molar refractivity (Wildman–Crippen MR) is 79.1 cm³/mol. The molecule has 3 unspecified atom stereocenters. The monoisotopic (exact) mass is 347 g/mol. The lowest BCUT2D eigenvalue weighted by molar-refractivity contribution is -0.145. The summed E-state index contributed by atoms with van der Waals surface area (Å²) < 4.78 is 0. The van der Waals surface area contributed by atoms with Crippen LogP contribution in [0.4, 0.5) is 0 Å². The van der Waals surface area contributed by atoms with Crippen molar-refractivity contribution in [2.75, 3.05) is 13.1 Å². The number of carboxylic acids is 1. The molecule has 0 fully saturated rings. The van der Waals surface area contributed by atoms with Gasteiger partial charge in [-0.3, -0.25) is 19.2 Å². The Hall–Kier alpha value is -2.73. The van der Waals surface area contributed by atoms with Gasteiger partial charge in [0.1, 0.15) is 6.04 Å². The Kier molecular flexibility index (Phi) is 8.97. The van der Waals surface area contributed by atoms with E-state index in [-0.39, 0.29) is 6.54 Å². The Morgan fingerprint density at radius 1 is 1.08 bits per heavy atom. The minimum atomic E-state index is -1.64. The smallest absolute Gasteiger partial charge is 0.328 e. The van der Waals surface area contributed by atoms with Crippen LogP contribution in [0.3, 0.4) is 0 Å². The van der Waals surface area contributed by atoms with Gasteiger partial charge in [-0.05, 0) is 6.92 Å². The van der Waals surface area contributed by atoms with Gasteiger partial charge in [0.05, 0.1) is 25.6 Å². The molecule has 12 nitrogen and oxygen atoms in total. The predicted octanol–water partition coefficient (Wildman–Crippen LogP) is -4.63. The number of primary amides is 1. The molecule has 0 saturated carbocycles. The van der Waals surface area contributed by atoms with Gasteiger partial charge in [0.25, 0.3) is 0 Å². The van der Waals surface area contributed by atoms with Crippen molar-refractivity contribution in [3.63, 3.8) is 0 Å². The van der Waals surface area contributed by atoms with Crippen molar-refractivity contribution < 1.29 is 34.2 Å². The van der Waals surface area contributed by atoms with Crippen molar-refractivity contribution in [3.8, 4) is 0 Å². The van der Waals surface area contributed by atoms with Crippen LogP contribution in [-0.4, -0.2) is 71.1 Å². The summed E-state index contributed by atoms with van der Waals surface area (Å²) in [6.45, 7) is 0.299. The SMILES string of the molecule is CC(O)C(NC(=O)C(CC(N)=O)NC(=O)CNC(=O)CN)C(=O)O. The van der Waals surface area contributed by atoms with Gasteiger partial charge in [0.2, 0.25) is 23.6 Å². The molecule has 0 aromatic rings. The minimum absolute atomic E-state index is 0.340. The molecular formula is C12H21N5O7. The van der Waals surface area contributed by atoms with Crippen LogP contribution in [-0.2, 0) is 24.0 Å². The Morgan fingerprint density at radius 3 is 2.08 bits per heavy atom. The fraction of sp³-hybridized carbons (Fsp3) is 0.583. The number of hydrogen-bond donors (Lipinski definition) is 7. The molecule has 0 saturated heterocycles. The van der Waals surface area contributed by atoms with E-state index in [1.807, 2.05) is 5.32 Å². The van der Waals surface area contributed by atoms with E-state index in [0.717, 1.165) is 6.92 Å². The van der Waals surface area contributed by atoms with Gasteiger partial charge in [-0.25, -0.2) is 4.79 Å². The third-order valence-electron chi connectivity index (χ3n) is 2.73. The molecule has 0 heterocycles. The molecule has 136 valence electrons. The maximum atomic E-state index is 12.0. The molecular weight excluding hydrogens is 326 g/mol. The van der Waals surface area contributed by atoms with E-state index in [9.17, 15) is 29.1 Å². The zero-order valence-corrected chi connectivity index (χ0v) is 12.9. The second-order valence-electron chi connectivity index (χ2n) is 4.84. The highest BCUT2D eigenvalue weighted by Crippen LogP contribution is 1.98. The zero-order chi connectivity index (χ0) is 18.9. The first kappa shape index (κ1) is 21.3. The second kappa shape index (κ2) is 10.1. The van der Waals surface area contributed by atoms with E-state index >= 15 is 0 Å². The van der Waals surface area contributed by atoms with Crippen molar-refractivity contribution in [1.82, 2.24) is 16.0 Å². The molecule has 0 bridgehead atoms. The molecule has 0 rings (SSSR count). The van der Waals surface area contributed by atoms with Crippen LogP contribution < -0.4 is 27.4 Å². The van der Waals surface area contributed by atoms with E-state index in [2.05, 4.69) is 10.6 Å². The number of rotatable bonds is 10. The second-order valence-corrected chi connectivity index (χ2v) is 4.84. The Balaban J connectivity index is 4.89. The summed E-state index contributed by atoms with van der Waals surface area (Å²) in [6, 6.07) is -3.10. The lowest BCUT2D eigenvalue weighted by Gasteiger charge is -2.22. The first-order chi connectivity index (χ1) is 11.1. The van der Waals surface area contributed by atoms with Gasteiger partial charge in [0, 0.05) is 0 Å². The van der Waals surface area contributed by atoms with Crippen LogP contribution >= 0.6 is 0 Å². The molecule has 9 N–H and O–H groups in total. The van der Waals surface area contributed by atoms with E-state index in [1.54, 1.807) is 0 Å². The highest BCUT2D eigenvalue weighted by molar-refractivity contribution is 5.94. The van der Waals surface area contributed by atoms with Crippen molar-refractivity contribution in [1.29, 1.82) is 0 Å². The van der Waals surface area contributed by atoms with Crippen LogP contribution in [0.25, 0.3) is 0 Å². The molecule has 0 aliphatic rings. The van der Waals surface area contributed by atoms with Crippen molar-refractivity contribution >= 4 is 29.6 Å². The van der Waals surface area contributed by atoms with E-state index in [0.29, 0.717) is 0 Å². The standard InChI is InChI=1S/C12H21N5O7/c1-5(18)10(12(23)24)17-11(22)6(2-7(14)19)16-9(21)4-15-8(20)3-13/h5-6,10,18H,2-4,13H2,1H3,(H2,14,19)(H,15,20)(H,16,21)(H,17,22)(H,23,24). The molecule has 0 aliphatic carbocycles. The fourth-order valence-corrected chi connectivity index (χ4v) is 1.55. The molecule has 12 heteroatoms.